The Morgan fingerprint density at radius 1 is 1.10 bits per heavy atom. The third kappa shape index (κ3) is 2.50. The van der Waals surface area contributed by atoms with E-state index in [1.807, 2.05) is 37.3 Å². The van der Waals surface area contributed by atoms with Gasteiger partial charge in [-0.2, -0.15) is 0 Å². The minimum atomic E-state index is 0.0587. The van der Waals surface area contributed by atoms with Gasteiger partial charge >= 0.3 is 0 Å². The summed E-state index contributed by atoms with van der Waals surface area (Å²) in [7, 11) is 0. The molecule has 0 fully saturated rings. The van der Waals surface area contributed by atoms with Gasteiger partial charge in [0.25, 0.3) is 0 Å². The maximum atomic E-state index is 12.0. The predicted molar refractivity (Wildman–Crippen MR) is 78.4 cm³/mol. The largest absolute Gasteiger partial charge is 0.294 e. The fourth-order valence-corrected chi connectivity index (χ4v) is 2.03. The second-order valence-electron chi connectivity index (χ2n) is 4.66. The highest BCUT2D eigenvalue weighted by Crippen LogP contribution is 2.23. The molecule has 1 aromatic carbocycles. The number of hydrogen-bond acceptors (Lipinski definition) is 3. The van der Waals surface area contributed by atoms with E-state index >= 15 is 0 Å². The van der Waals surface area contributed by atoms with Gasteiger partial charge in [-0.05, 0) is 25.1 Å². The SMILES string of the molecule is CC1=Nc2ncc(C#Cc3ccccc3)cc2C(=O)C1. The number of fused-ring (bicyclic) bond motifs is 1. The van der Waals surface area contributed by atoms with Crippen molar-refractivity contribution in [2.75, 3.05) is 0 Å². The van der Waals surface area contributed by atoms with E-state index in [1.54, 1.807) is 12.3 Å². The smallest absolute Gasteiger partial charge is 0.172 e. The second kappa shape index (κ2) is 5.10. The van der Waals surface area contributed by atoms with Crippen LogP contribution in [0.25, 0.3) is 0 Å². The minimum absolute atomic E-state index is 0.0587. The first-order valence-electron chi connectivity index (χ1n) is 6.37. The highest BCUT2D eigenvalue weighted by molar-refractivity contribution is 6.14. The molecule has 0 N–H and O–H groups in total. The van der Waals surface area contributed by atoms with Crippen molar-refractivity contribution in [2.24, 2.45) is 4.99 Å². The van der Waals surface area contributed by atoms with Crippen LogP contribution in [0.1, 0.15) is 34.8 Å². The van der Waals surface area contributed by atoms with Gasteiger partial charge in [-0.1, -0.05) is 30.0 Å². The normalized spacial score (nSPS) is 13.1. The molecule has 3 nitrogen and oxygen atoms in total. The van der Waals surface area contributed by atoms with Crippen molar-refractivity contribution in [3.8, 4) is 11.8 Å². The van der Waals surface area contributed by atoms with Crippen molar-refractivity contribution in [3.63, 3.8) is 0 Å². The molecule has 1 aromatic heterocycles. The van der Waals surface area contributed by atoms with Gasteiger partial charge in [0.15, 0.2) is 11.6 Å². The van der Waals surface area contributed by atoms with Crippen LogP contribution in [0, 0.1) is 11.8 Å². The maximum Gasteiger partial charge on any atom is 0.172 e. The maximum absolute atomic E-state index is 12.0. The molecule has 0 aliphatic carbocycles. The molecule has 0 saturated carbocycles. The van der Waals surface area contributed by atoms with Crippen molar-refractivity contribution < 1.29 is 4.79 Å². The molecule has 1 aliphatic rings. The summed E-state index contributed by atoms with van der Waals surface area (Å²) in [6.45, 7) is 1.84. The van der Waals surface area contributed by atoms with Crippen LogP contribution in [-0.4, -0.2) is 16.5 Å². The van der Waals surface area contributed by atoms with Crippen LogP contribution in [0.5, 0.6) is 0 Å². The lowest BCUT2D eigenvalue weighted by molar-refractivity contribution is 0.0999. The number of carbonyl (C=O) groups is 1. The number of nitrogens with zero attached hydrogens (tertiary/aromatic N) is 2. The second-order valence-corrected chi connectivity index (χ2v) is 4.66. The Bertz CT molecular complexity index is 765. The Balaban J connectivity index is 1.96. The van der Waals surface area contributed by atoms with Crippen LogP contribution in [0.4, 0.5) is 5.82 Å². The van der Waals surface area contributed by atoms with Gasteiger partial charge in [-0.3, -0.25) is 4.79 Å². The minimum Gasteiger partial charge on any atom is -0.294 e. The molecule has 3 heteroatoms. The standard InChI is InChI=1S/C17H12N2O/c1-12-9-16(20)15-10-14(11-18-17(15)19-12)8-7-13-5-3-2-4-6-13/h2-6,10-11H,9H2,1H3. The van der Waals surface area contributed by atoms with E-state index in [0.29, 0.717) is 17.8 Å². The highest BCUT2D eigenvalue weighted by Gasteiger charge is 2.18. The van der Waals surface area contributed by atoms with Crippen LogP contribution in [0.15, 0.2) is 47.6 Å². The van der Waals surface area contributed by atoms with Crippen molar-refractivity contribution >= 4 is 17.3 Å². The molecule has 1 aliphatic heterocycles. The number of pyridine rings is 1. The fraction of sp³-hybridized carbons (Fsp3) is 0.118. The van der Waals surface area contributed by atoms with Crippen molar-refractivity contribution in [1.29, 1.82) is 0 Å². The monoisotopic (exact) mass is 260 g/mol. The Morgan fingerprint density at radius 3 is 2.65 bits per heavy atom. The Labute approximate surface area is 117 Å². The molecule has 0 amide bonds. The van der Waals surface area contributed by atoms with Gasteiger partial charge in [-0.15, -0.1) is 0 Å². The average molecular weight is 260 g/mol. The zero-order valence-electron chi connectivity index (χ0n) is 11.1. The zero-order chi connectivity index (χ0) is 13.9. The molecule has 3 rings (SSSR count). The van der Waals surface area contributed by atoms with E-state index in [4.69, 9.17) is 0 Å². The van der Waals surface area contributed by atoms with Gasteiger partial charge < -0.3 is 0 Å². The predicted octanol–water partition coefficient (Wildman–Crippen LogP) is 3.16. The third-order valence-electron chi connectivity index (χ3n) is 3.01. The quantitative estimate of drug-likeness (QED) is 0.683. The summed E-state index contributed by atoms with van der Waals surface area (Å²) in [6, 6.07) is 11.5. The van der Waals surface area contributed by atoms with Crippen LogP contribution in [-0.2, 0) is 0 Å². The molecule has 0 bridgehead atoms. The average Bonchev–Trinajstić information content (AvgIpc) is 2.46. The van der Waals surface area contributed by atoms with E-state index in [1.165, 1.54) is 0 Å². The number of Topliss-reactive ketones (excluding diaryl/α,β-unsaturated/α-hetero) is 1. The summed E-state index contributed by atoms with van der Waals surface area (Å²) in [5.41, 5.74) is 3.04. The van der Waals surface area contributed by atoms with Crippen LogP contribution in [0.3, 0.4) is 0 Å². The lowest BCUT2D eigenvalue weighted by Gasteiger charge is -2.10. The number of rotatable bonds is 0. The topological polar surface area (TPSA) is 42.3 Å². The molecule has 96 valence electrons. The molecular weight excluding hydrogens is 248 g/mol. The van der Waals surface area contributed by atoms with E-state index < -0.39 is 0 Å². The molecule has 0 radical (unpaired) electrons. The molecule has 2 aromatic rings. The number of aromatic nitrogens is 1. The Kier molecular flexibility index (Phi) is 3.14. The van der Waals surface area contributed by atoms with Crippen molar-refractivity contribution in [3.05, 3.63) is 59.3 Å². The summed E-state index contributed by atoms with van der Waals surface area (Å²) in [4.78, 5) is 20.5. The van der Waals surface area contributed by atoms with E-state index in [9.17, 15) is 4.79 Å². The van der Waals surface area contributed by atoms with Gasteiger partial charge in [-0.25, -0.2) is 9.98 Å². The number of aliphatic imine (C=N–C) groups is 1. The molecular formula is C17H12N2O. The van der Waals surface area contributed by atoms with Gasteiger partial charge in [0.05, 0.1) is 5.56 Å². The van der Waals surface area contributed by atoms with E-state index in [-0.39, 0.29) is 5.78 Å². The first-order valence-corrected chi connectivity index (χ1v) is 6.37. The Morgan fingerprint density at radius 2 is 1.85 bits per heavy atom. The number of carbonyl (C=O) groups excluding carboxylic acids is 1. The lowest BCUT2D eigenvalue weighted by atomic mass is 10.0. The summed E-state index contributed by atoms with van der Waals surface area (Å²) in [6.07, 6.45) is 2.02. The first-order chi connectivity index (χ1) is 9.72. The molecule has 0 spiro atoms. The van der Waals surface area contributed by atoms with Gasteiger partial charge in [0, 0.05) is 29.5 Å². The van der Waals surface area contributed by atoms with E-state index in [0.717, 1.165) is 16.8 Å². The molecule has 0 saturated heterocycles. The van der Waals surface area contributed by atoms with Crippen molar-refractivity contribution in [2.45, 2.75) is 13.3 Å². The van der Waals surface area contributed by atoms with Crippen LogP contribution in [0.2, 0.25) is 0 Å². The zero-order valence-corrected chi connectivity index (χ0v) is 11.1. The summed E-state index contributed by atoms with van der Waals surface area (Å²) in [5, 5.41) is 0. The van der Waals surface area contributed by atoms with Gasteiger partial charge in [0.2, 0.25) is 0 Å². The lowest BCUT2D eigenvalue weighted by Crippen LogP contribution is -2.11. The van der Waals surface area contributed by atoms with Crippen LogP contribution >= 0.6 is 0 Å². The fourth-order valence-electron chi connectivity index (χ4n) is 2.03. The number of ketones is 1. The molecule has 2 heterocycles. The number of benzene rings is 1. The van der Waals surface area contributed by atoms with E-state index in [2.05, 4.69) is 21.8 Å². The van der Waals surface area contributed by atoms with Crippen molar-refractivity contribution in [1.82, 2.24) is 4.98 Å². The number of hydrogen-bond donors (Lipinski definition) is 0. The third-order valence-corrected chi connectivity index (χ3v) is 3.01. The summed E-state index contributed by atoms with van der Waals surface area (Å²) in [5.74, 6) is 6.65. The first kappa shape index (κ1) is 12.3. The highest BCUT2D eigenvalue weighted by atomic mass is 16.1. The summed E-state index contributed by atoms with van der Waals surface area (Å²) >= 11 is 0. The summed E-state index contributed by atoms with van der Waals surface area (Å²) < 4.78 is 0. The van der Waals surface area contributed by atoms with Gasteiger partial charge in [0.1, 0.15) is 0 Å². The molecule has 0 unspecified atom stereocenters. The molecule has 0 atom stereocenters. The molecule has 20 heavy (non-hydrogen) atoms. The Hall–Kier alpha value is -2.73. The van der Waals surface area contributed by atoms with Crippen LogP contribution < -0.4 is 0 Å².